The Labute approximate surface area is 120 Å². The van der Waals surface area contributed by atoms with Crippen molar-refractivity contribution in [2.75, 3.05) is 12.9 Å². The summed E-state index contributed by atoms with van der Waals surface area (Å²) in [7, 11) is -3.44. The lowest BCUT2D eigenvalue weighted by molar-refractivity contribution is 0.120. The summed E-state index contributed by atoms with van der Waals surface area (Å²) in [6.07, 6.45) is 4.35. The Balaban J connectivity index is 1.78. The van der Waals surface area contributed by atoms with E-state index >= 15 is 0 Å². The Morgan fingerprint density at radius 3 is 2.30 bits per heavy atom. The van der Waals surface area contributed by atoms with Gasteiger partial charge in [0.05, 0.1) is 12.4 Å². The first-order valence-electron chi connectivity index (χ1n) is 6.70. The summed E-state index contributed by atoms with van der Waals surface area (Å²) < 4.78 is 37.9. The van der Waals surface area contributed by atoms with Crippen molar-refractivity contribution in [3.05, 3.63) is 24.3 Å². The van der Waals surface area contributed by atoms with Crippen molar-refractivity contribution < 1.29 is 22.1 Å². The Bertz CT molecular complexity index is 519. The molecule has 0 aliphatic heterocycles. The quantitative estimate of drug-likeness (QED) is 0.723. The van der Waals surface area contributed by atoms with Gasteiger partial charge in [-0.05, 0) is 50.5 Å². The molecule has 5 nitrogen and oxygen atoms in total. The molecule has 6 heteroatoms. The molecule has 1 aliphatic rings. The Morgan fingerprint density at radius 2 is 1.80 bits per heavy atom. The van der Waals surface area contributed by atoms with Crippen LogP contribution in [0.5, 0.6) is 11.5 Å². The van der Waals surface area contributed by atoms with Gasteiger partial charge < -0.3 is 9.47 Å². The van der Waals surface area contributed by atoms with Crippen molar-refractivity contribution in [2.45, 2.75) is 38.4 Å². The molecular formula is C14H20O5S. The van der Waals surface area contributed by atoms with Crippen LogP contribution in [0.1, 0.15) is 26.2 Å². The van der Waals surface area contributed by atoms with Crippen molar-refractivity contribution in [3.63, 3.8) is 0 Å². The second-order valence-electron chi connectivity index (χ2n) is 5.06. The molecule has 20 heavy (non-hydrogen) atoms. The molecule has 1 fully saturated rings. The van der Waals surface area contributed by atoms with Crippen LogP contribution in [0.4, 0.5) is 0 Å². The predicted molar refractivity (Wildman–Crippen MR) is 75.6 cm³/mol. The average Bonchev–Trinajstić information content (AvgIpc) is 2.30. The first-order chi connectivity index (χ1) is 9.42. The fraction of sp³-hybridized carbons (Fsp3) is 0.571. The van der Waals surface area contributed by atoms with E-state index in [2.05, 4.69) is 0 Å². The molecule has 1 aromatic carbocycles. The van der Waals surface area contributed by atoms with Gasteiger partial charge in [0.15, 0.2) is 0 Å². The maximum Gasteiger partial charge on any atom is 0.264 e. The van der Waals surface area contributed by atoms with Crippen LogP contribution < -0.4 is 9.47 Å². The summed E-state index contributed by atoms with van der Waals surface area (Å²) in [6.45, 7) is 1.82. The summed E-state index contributed by atoms with van der Waals surface area (Å²) >= 11 is 0. The predicted octanol–water partition coefficient (Wildman–Crippen LogP) is 2.36. The fourth-order valence-corrected chi connectivity index (χ4v) is 2.49. The lowest BCUT2D eigenvalue weighted by Gasteiger charge is -2.26. The third-order valence-electron chi connectivity index (χ3n) is 3.00. The number of rotatable bonds is 7. The first-order valence-corrected chi connectivity index (χ1v) is 8.52. The largest absolute Gasteiger partial charge is 0.491 e. The van der Waals surface area contributed by atoms with Crippen LogP contribution in [0.3, 0.4) is 0 Å². The zero-order chi connectivity index (χ0) is 14.6. The smallest absolute Gasteiger partial charge is 0.264 e. The molecule has 0 amide bonds. The zero-order valence-corrected chi connectivity index (χ0v) is 12.6. The van der Waals surface area contributed by atoms with Crippen LogP contribution in [0.25, 0.3) is 0 Å². The standard InChI is InChI=1S/C14H20O5S/c1-11(19-20(2,15)16)10-17-12-6-8-14(9-7-12)18-13-4-3-5-13/h6-9,11,13H,3-5,10H2,1-2H3. The monoisotopic (exact) mass is 300 g/mol. The van der Waals surface area contributed by atoms with E-state index in [1.807, 2.05) is 12.1 Å². The van der Waals surface area contributed by atoms with E-state index in [4.69, 9.17) is 13.7 Å². The fourth-order valence-electron chi connectivity index (χ4n) is 1.84. The third-order valence-corrected chi connectivity index (χ3v) is 3.68. The average molecular weight is 300 g/mol. The molecule has 1 aliphatic carbocycles. The molecule has 0 spiro atoms. The molecule has 0 aromatic heterocycles. The Hall–Kier alpha value is -1.27. The van der Waals surface area contributed by atoms with Crippen molar-refractivity contribution in [1.82, 2.24) is 0 Å². The topological polar surface area (TPSA) is 61.8 Å². The first kappa shape index (κ1) is 15.1. The molecule has 0 N–H and O–H groups in total. The van der Waals surface area contributed by atoms with Gasteiger partial charge in [0.2, 0.25) is 0 Å². The molecule has 1 saturated carbocycles. The molecule has 112 valence electrons. The van der Waals surface area contributed by atoms with Gasteiger partial charge in [0, 0.05) is 0 Å². The van der Waals surface area contributed by atoms with Gasteiger partial charge in [-0.1, -0.05) is 0 Å². The van der Waals surface area contributed by atoms with E-state index < -0.39 is 16.2 Å². The minimum Gasteiger partial charge on any atom is -0.491 e. The minimum atomic E-state index is -3.44. The second kappa shape index (κ2) is 6.45. The lowest BCUT2D eigenvalue weighted by Crippen LogP contribution is -2.24. The van der Waals surface area contributed by atoms with Crippen LogP contribution in [-0.4, -0.2) is 33.5 Å². The van der Waals surface area contributed by atoms with Crippen LogP contribution in [0.15, 0.2) is 24.3 Å². The Kier molecular flexibility index (Phi) is 4.88. The van der Waals surface area contributed by atoms with Crippen molar-refractivity contribution in [2.24, 2.45) is 0 Å². The normalized spacial score (nSPS) is 17.3. The summed E-state index contributed by atoms with van der Waals surface area (Å²) in [5.41, 5.74) is 0. The van der Waals surface area contributed by atoms with Crippen LogP contribution in [0, 0.1) is 0 Å². The van der Waals surface area contributed by atoms with Gasteiger partial charge in [0.1, 0.15) is 24.2 Å². The summed E-state index contributed by atoms with van der Waals surface area (Å²) in [6, 6.07) is 7.33. The third kappa shape index (κ3) is 5.02. The van der Waals surface area contributed by atoms with Gasteiger partial charge >= 0.3 is 0 Å². The highest BCUT2D eigenvalue weighted by molar-refractivity contribution is 7.86. The number of ether oxygens (including phenoxy) is 2. The summed E-state index contributed by atoms with van der Waals surface area (Å²) in [4.78, 5) is 0. The number of benzene rings is 1. The SMILES string of the molecule is CC(COc1ccc(OC2CCC2)cc1)OS(C)(=O)=O. The molecule has 0 bridgehead atoms. The van der Waals surface area contributed by atoms with Gasteiger partial charge in [-0.15, -0.1) is 0 Å². The zero-order valence-electron chi connectivity index (χ0n) is 11.7. The molecule has 2 rings (SSSR count). The van der Waals surface area contributed by atoms with Gasteiger partial charge in [-0.3, -0.25) is 4.18 Å². The van der Waals surface area contributed by atoms with Crippen LogP contribution >= 0.6 is 0 Å². The highest BCUT2D eigenvalue weighted by Crippen LogP contribution is 2.26. The van der Waals surface area contributed by atoms with E-state index in [0.29, 0.717) is 11.9 Å². The second-order valence-corrected chi connectivity index (χ2v) is 6.66. The summed E-state index contributed by atoms with van der Waals surface area (Å²) in [5.74, 6) is 1.50. The molecular weight excluding hydrogens is 280 g/mol. The van der Waals surface area contributed by atoms with Gasteiger partial charge in [-0.25, -0.2) is 0 Å². The number of hydrogen-bond acceptors (Lipinski definition) is 5. The van der Waals surface area contributed by atoms with Gasteiger partial charge in [-0.2, -0.15) is 8.42 Å². The van der Waals surface area contributed by atoms with Crippen molar-refractivity contribution >= 4 is 10.1 Å². The van der Waals surface area contributed by atoms with E-state index in [9.17, 15) is 8.42 Å². The van der Waals surface area contributed by atoms with E-state index in [1.54, 1.807) is 19.1 Å². The molecule has 0 saturated heterocycles. The maximum absolute atomic E-state index is 10.9. The highest BCUT2D eigenvalue weighted by atomic mass is 32.2. The van der Waals surface area contributed by atoms with E-state index in [1.165, 1.54) is 6.42 Å². The number of hydrogen-bond donors (Lipinski definition) is 0. The van der Waals surface area contributed by atoms with E-state index in [0.717, 1.165) is 24.8 Å². The lowest BCUT2D eigenvalue weighted by atomic mass is 9.96. The summed E-state index contributed by atoms with van der Waals surface area (Å²) in [5, 5.41) is 0. The molecule has 1 unspecified atom stereocenters. The molecule has 0 radical (unpaired) electrons. The van der Waals surface area contributed by atoms with Crippen molar-refractivity contribution in [3.8, 4) is 11.5 Å². The minimum absolute atomic E-state index is 0.176. The molecule has 1 atom stereocenters. The maximum atomic E-state index is 10.9. The highest BCUT2D eigenvalue weighted by Gasteiger charge is 2.18. The van der Waals surface area contributed by atoms with Crippen LogP contribution in [0.2, 0.25) is 0 Å². The Morgan fingerprint density at radius 1 is 1.20 bits per heavy atom. The molecule has 1 aromatic rings. The molecule has 0 heterocycles. The van der Waals surface area contributed by atoms with Crippen LogP contribution in [-0.2, 0) is 14.3 Å². The van der Waals surface area contributed by atoms with E-state index in [-0.39, 0.29) is 6.61 Å². The van der Waals surface area contributed by atoms with Gasteiger partial charge in [0.25, 0.3) is 10.1 Å². The van der Waals surface area contributed by atoms with Crippen molar-refractivity contribution in [1.29, 1.82) is 0 Å².